The third kappa shape index (κ3) is 2.23. The van der Waals surface area contributed by atoms with Crippen LogP contribution in [0.4, 0.5) is 5.69 Å². The Labute approximate surface area is 96.9 Å². The number of hydrogen-bond donors (Lipinski definition) is 1. The van der Waals surface area contributed by atoms with Crippen molar-refractivity contribution in [3.8, 4) is 11.1 Å². The Bertz CT molecular complexity index is 632. The molecule has 17 heavy (non-hydrogen) atoms. The monoisotopic (exact) mass is 230 g/mol. The van der Waals surface area contributed by atoms with Gasteiger partial charge in [-0.3, -0.25) is 14.9 Å². The molecular weight excluding hydrogens is 220 g/mol. The number of pyridine rings is 1. The predicted octanol–water partition coefficient (Wildman–Crippen LogP) is 2.26. The first-order chi connectivity index (χ1) is 8.08. The molecule has 1 heterocycles. The van der Waals surface area contributed by atoms with Gasteiger partial charge in [-0.2, -0.15) is 0 Å². The fraction of sp³-hybridized carbons (Fsp3) is 0.0833. The van der Waals surface area contributed by atoms with Crippen LogP contribution in [0.25, 0.3) is 11.1 Å². The van der Waals surface area contributed by atoms with Crippen LogP contribution >= 0.6 is 0 Å². The number of aromatic nitrogens is 1. The van der Waals surface area contributed by atoms with Crippen LogP contribution in [-0.4, -0.2) is 9.91 Å². The van der Waals surface area contributed by atoms with Gasteiger partial charge in [-0.25, -0.2) is 0 Å². The summed E-state index contributed by atoms with van der Waals surface area (Å²) in [5, 5.41) is 10.7. The Morgan fingerprint density at radius 3 is 2.47 bits per heavy atom. The lowest BCUT2D eigenvalue weighted by Crippen LogP contribution is -2.02. The van der Waals surface area contributed by atoms with Crippen molar-refractivity contribution in [3.05, 3.63) is 62.6 Å². The van der Waals surface area contributed by atoms with Crippen LogP contribution in [0.3, 0.4) is 0 Å². The Morgan fingerprint density at radius 2 is 1.88 bits per heavy atom. The molecule has 0 aliphatic rings. The lowest BCUT2D eigenvalue weighted by Gasteiger charge is -2.02. The highest BCUT2D eigenvalue weighted by Gasteiger charge is 2.10. The van der Waals surface area contributed by atoms with E-state index in [0.29, 0.717) is 5.56 Å². The van der Waals surface area contributed by atoms with E-state index < -0.39 is 4.92 Å². The van der Waals surface area contributed by atoms with Crippen LogP contribution in [0.2, 0.25) is 0 Å². The molecule has 0 atom stereocenters. The van der Waals surface area contributed by atoms with Crippen molar-refractivity contribution < 1.29 is 4.92 Å². The molecule has 0 spiro atoms. The molecule has 0 aliphatic carbocycles. The van der Waals surface area contributed by atoms with Crippen LogP contribution in [0.15, 0.2) is 41.3 Å². The first-order valence-corrected chi connectivity index (χ1v) is 5.02. The summed E-state index contributed by atoms with van der Waals surface area (Å²) in [4.78, 5) is 23.9. The average molecular weight is 230 g/mol. The van der Waals surface area contributed by atoms with E-state index in [2.05, 4.69) is 4.98 Å². The number of hydrogen-bond acceptors (Lipinski definition) is 3. The molecule has 0 bridgehead atoms. The predicted molar refractivity (Wildman–Crippen MR) is 63.9 cm³/mol. The molecule has 0 radical (unpaired) electrons. The first-order valence-electron chi connectivity index (χ1n) is 5.02. The van der Waals surface area contributed by atoms with Gasteiger partial charge in [0.1, 0.15) is 0 Å². The van der Waals surface area contributed by atoms with Gasteiger partial charge in [-0.15, -0.1) is 0 Å². The summed E-state index contributed by atoms with van der Waals surface area (Å²) in [5.41, 5.74) is 2.00. The highest BCUT2D eigenvalue weighted by atomic mass is 16.6. The third-order valence-electron chi connectivity index (χ3n) is 2.50. The number of aromatic amines is 1. The van der Waals surface area contributed by atoms with Gasteiger partial charge in [0.15, 0.2) is 0 Å². The van der Waals surface area contributed by atoms with Gasteiger partial charge >= 0.3 is 0 Å². The molecule has 0 saturated heterocycles. The maximum atomic E-state index is 11.2. The molecule has 0 saturated carbocycles. The van der Waals surface area contributed by atoms with Crippen LogP contribution in [0.1, 0.15) is 5.56 Å². The summed E-state index contributed by atoms with van der Waals surface area (Å²) in [5.74, 6) is 0. The summed E-state index contributed by atoms with van der Waals surface area (Å²) in [6, 6.07) is 8.00. The molecule has 1 aromatic carbocycles. The average Bonchev–Trinajstić information content (AvgIpc) is 2.28. The second-order valence-corrected chi connectivity index (χ2v) is 3.70. The van der Waals surface area contributed by atoms with Gasteiger partial charge in [0.2, 0.25) is 5.56 Å². The molecule has 1 N–H and O–H groups in total. The van der Waals surface area contributed by atoms with E-state index in [1.165, 1.54) is 12.1 Å². The van der Waals surface area contributed by atoms with E-state index in [9.17, 15) is 14.9 Å². The zero-order chi connectivity index (χ0) is 12.4. The number of rotatable bonds is 2. The second-order valence-electron chi connectivity index (χ2n) is 3.70. The first kappa shape index (κ1) is 11.1. The lowest BCUT2D eigenvalue weighted by atomic mass is 10.0. The molecule has 5 nitrogen and oxygen atoms in total. The Hall–Kier alpha value is -2.43. The minimum atomic E-state index is -0.420. The number of H-pyrrole nitrogens is 1. The van der Waals surface area contributed by atoms with Gasteiger partial charge in [0.25, 0.3) is 5.69 Å². The van der Waals surface area contributed by atoms with Crippen LogP contribution in [0, 0.1) is 17.0 Å². The van der Waals surface area contributed by atoms with E-state index in [1.807, 2.05) is 0 Å². The quantitative estimate of drug-likeness (QED) is 0.635. The number of aryl methyl sites for hydroxylation is 1. The topological polar surface area (TPSA) is 76.0 Å². The smallest absolute Gasteiger partial charge is 0.272 e. The van der Waals surface area contributed by atoms with Crippen molar-refractivity contribution in [1.82, 2.24) is 4.98 Å². The molecular formula is C12H10N2O3. The molecule has 0 unspecified atom stereocenters. The maximum absolute atomic E-state index is 11.2. The molecule has 5 heteroatoms. The maximum Gasteiger partial charge on any atom is 0.272 e. The summed E-state index contributed by atoms with van der Waals surface area (Å²) in [6.07, 6.45) is 1.55. The lowest BCUT2D eigenvalue weighted by molar-refractivity contribution is -0.385. The van der Waals surface area contributed by atoms with Crippen molar-refractivity contribution in [2.45, 2.75) is 6.92 Å². The molecule has 86 valence electrons. The number of nitrogens with zero attached hydrogens (tertiary/aromatic N) is 1. The number of nitro benzene ring substituents is 1. The van der Waals surface area contributed by atoms with Crippen LogP contribution in [-0.2, 0) is 0 Å². The zero-order valence-electron chi connectivity index (χ0n) is 9.14. The molecule has 1 aromatic heterocycles. The molecule has 0 fully saturated rings. The Morgan fingerprint density at radius 1 is 1.18 bits per heavy atom. The SMILES string of the molecule is Cc1cc(-c2cc[nH]c(=O)c2)ccc1[N+](=O)[O-]. The fourth-order valence-corrected chi connectivity index (χ4v) is 1.66. The van der Waals surface area contributed by atoms with Gasteiger partial charge in [0, 0.05) is 23.9 Å². The van der Waals surface area contributed by atoms with Crippen molar-refractivity contribution in [2.75, 3.05) is 0 Å². The van der Waals surface area contributed by atoms with Gasteiger partial charge < -0.3 is 4.98 Å². The molecule has 2 rings (SSSR count). The van der Waals surface area contributed by atoms with E-state index in [1.54, 1.807) is 31.3 Å². The Kier molecular flexibility index (Phi) is 2.74. The zero-order valence-corrected chi connectivity index (χ0v) is 9.14. The van der Waals surface area contributed by atoms with E-state index >= 15 is 0 Å². The third-order valence-corrected chi connectivity index (χ3v) is 2.50. The number of nitrogens with one attached hydrogen (secondary N) is 1. The Balaban J connectivity index is 2.52. The summed E-state index contributed by atoms with van der Waals surface area (Å²) < 4.78 is 0. The summed E-state index contributed by atoms with van der Waals surface area (Å²) >= 11 is 0. The highest BCUT2D eigenvalue weighted by molar-refractivity contribution is 5.65. The summed E-state index contributed by atoms with van der Waals surface area (Å²) in [7, 11) is 0. The minimum Gasteiger partial charge on any atom is -0.329 e. The van der Waals surface area contributed by atoms with Crippen LogP contribution < -0.4 is 5.56 Å². The summed E-state index contributed by atoms with van der Waals surface area (Å²) in [6.45, 7) is 1.68. The van der Waals surface area contributed by atoms with E-state index in [4.69, 9.17) is 0 Å². The number of nitro groups is 1. The van der Waals surface area contributed by atoms with Crippen molar-refractivity contribution in [2.24, 2.45) is 0 Å². The highest BCUT2D eigenvalue weighted by Crippen LogP contribution is 2.24. The minimum absolute atomic E-state index is 0.0820. The van der Waals surface area contributed by atoms with Crippen molar-refractivity contribution >= 4 is 5.69 Å². The van der Waals surface area contributed by atoms with Crippen molar-refractivity contribution in [1.29, 1.82) is 0 Å². The fourth-order valence-electron chi connectivity index (χ4n) is 1.66. The molecule has 0 amide bonds. The van der Waals surface area contributed by atoms with Crippen LogP contribution in [0.5, 0.6) is 0 Å². The molecule has 2 aromatic rings. The largest absolute Gasteiger partial charge is 0.329 e. The van der Waals surface area contributed by atoms with Gasteiger partial charge in [-0.05, 0) is 36.2 Å². The standard InChI is InChI=1S/C12H10N2O3/c1-8-6-9(2-3-11(8)14(16)17)10-4-5-13-12(15)7-10/h2-7H,1H3,(H,13,15). The van der Waals surface area contributed by atoms with Gasteiger partial charge in [0.05, 0.1) is 4.92 Å². The number of benzene rings is 1. The van der Waals surface area contributed by atoms with Gasteiger partial charge in [-0.1, -0.05) is 0 Å². The molecule has 0 aliphatic heterocycles. The van der Waals surface area contributed by atoms with E-state index in [0.717, 1.165) is 11.1 Å². The second kappa shape index (κ2) is 4.21. The normalized spacial score (nSPS) is 10.2. The van der Waals surface area contributed by atoms with E-state index in [-0.39, 0.29) is 11.2 Å². The van der Waals surface area contributed by atoms with Crippen molar-refractivity contribution in [3.63, 3.8) is 0 Å².